The molecule has 5 aliphatic carbocycles. The average Bonchev–Trinajstić information content (AvgIpc) is 1.27. The highest BCUT2D eigenvalue weighted by Gasteiger charge is 2.45. The number of hydrogen-bond acceptors (Lipinski definition) is 0. The van der Waals surface area contributed by atoms with Crippen LogP contribution in [0.15, 0.2) is 272 Å². The number of fused-ring (bicyclic) bond motifs is 14. The Balaban J connectivity index is 0.587. The summed E-state index contributed by atoms with van der Waals surface area (Å²) in [4.78, 5) is 0. The second kappa shape index (κ2) is 21.2. The smallest absolute Gasteiger partial charge is 0.0159 e. The summed E-state index contributed by atoms with van der Waals surface area (Å²) in [6.07, 6.45) is 15.5. The lowest BCUT2D eigenvalue weighted by atomic mass is 9.69. The van der Waals surface area contributed by atoms with E-state index in [1.165, 1.54) is 216 Å². The fourth-order valence-electron chi connectivity index (χ4n) is 20.5. The highest BCUT2D eigenvalue weighted by atomic mass is 14.5. The van der Waals surface area contributed by atoms with E-state index < -0.39 is 0 Å². The number of hydrogen-bond donors (Lipinski definition) is 0. The summed E-state index contributed by atoms with van der Waals surface area (Å²) in [7, 11) is 0. The molecule has 5 aliphatic rings. The Hall–Kier alpha value is -10.7. The lowest BCUT2D eigenvalue weighted by molar-refractivity contribution is 0.408. The normalized spacial score (nSPS) is 17.5. The number of aryl methyl sites for hydroxylation is 1. The van der Waals surface area contributed by atoms with Gasteiger partial charge in [0.25, 0.3) is 0 Å². The van der Waals surface area contributed by atoms with E-state index >= 15 is 0 Å². The van der Waals surface area contributed by atoms with Gasteiger partial charge in [-0.15, -0.1) is 0 Å². The lowest BCUT2D eigenvalue weighted by Crippen LogP contribution is -2.26. The van der Waals surface area contributed by atoms with Crippen LogP contribution in [0.25, 0.3) is 153 Å². The first-order chi connectivity index (χ1) is 49.4. The van der Waals surface area contributed by atoms with Crippen molar-refractivity contribution in [3.8, 4) is 44.5 Å². The third kappa shape index (κ3) is 8.68. The minimum absolute atomic E-state index is 0.000869. The van der Waals surface area contributed by atoms with Gasteiger partial charge < -0.3 is 0 Å². The summed E-state index contributed by atoms with van der Waals surface area (Å²) in [5, 5.41) is 23.9. The van der Waals surface area contributed by atoms with Crippen molar-refractivity contribution in [1.29, 1.82) is 0 Å². The van der Waals surface area contributed by atoms with Crippen LogP contribution in [-0.4, -0.2) is 0 Å². The molecule has 0 aromatic heterocycles. The maximum Gasteiger partial charge on any atom is 0.0159 e. The second-order valence-electron chi connectivity index (χ2n) is 33.9. The Labute approximate surface area is 598 Å². The van der Waals surface area contributed by atoms with Crippen LogP contribution in [0.3, 0.4) is 0 Å². The maximum atomic E-state index is 2.56. The Kier molecular flexibility index (Phi) is 12.5. The number of rotatable bonds is 7. The van der Waals surface area contributed by atoms with E-state index in [9.17, 15) is 0 Å². The predicted molar refractivity (Wildman–Crippen MR) is 438 cm³/mol. The molecule has 0 bridgehead atoms. The van der Waals surface area contributed by atoms with Gasteiger partial charge in [0.1, 0.15) is 0 Å². The molecule has 490 valence electrons. The predicted octanol–water partition coefficient (Wildman–Crippen LogP) is 27.7. The first-order valence-corrected chi connectivity index (χ1v) is 37.6. The highest BCUT2D eigenvalue weighted by molar-refractivity contribution is 6.28. The minimum atomic E-state index is -0.215. The monoisotopic (exact) mass is 1310 g/mol. The van der Waals surface area contributed by atoms with Crippen LogP contribution in [0.5, 0.6) is 0 Å². The third-order valence-electron chi connectivity index (χ3n) is 26.1. The molecule has 102 heavy (non-hydrogen) atoms. The van der Waals surface area contributed by atoms with Gasteiger partial charge in [-0.2, -0.15) is 0 Å². The van der Waals surface area contributed by atoms with E-state index in [1.807, 2.05) is 0 Å². The zero-order chi connectivity index (χ0) is 68.6. The summed E-state index contributed by atoms with van der Waals surface area (Å²) < 4.78 is 0. The van der Waals surface area contributed by atoms with E-state index in [2.05, 4.69) is 323 Å². The molecule has 0 heterocycles. The third-order valence-corrected chi connectivity index (χ3v) is 26.1. The van der Waals surface area contributed by atoms with Crippen molar-refractivity contribution in [3.05, 3.63) is 322 Å². The van der Waals surface area contributed by atoms with Crippen molar-refractivity contribution in [3.63, 3.8) is 0 Å². The van der Waals surface area contributed by atoms with Gasteiger partial charge in [-0.1, -0.05) is 299 Å². The molecule has 21 rings (SSSR count). The van der Waals surface area contributed by atoms with Gasteiger partial charge in [-0.25, -0.2) is 0 Å². The molecule has 2 atom stereocenters. The molecule has 0 N–H and O–H groups in total. The van der Waals surface area contributed by atoms with E-state index in [0.717, 1.165) is 19.3 Å². The SMILES string of the molecule is CC(C)(C)c1cc2ccc3ccc(-c4ccc5c(c4)C(C)(C)c4cc(-c6cc7c8cccc(CC(C)(C)c9cc%10ccc%11ccc(-c%12ccc%13c(c%12)C(C)(C)C%12CC(C%14=CC=C%15c%16ccccc%16CCC%15C%14)=CC=C%13%12)c%12ccc(c9)c%10c%11%12)c8ccc7c7ccccc67)ccc4-5)c4ccc(c1)c2c34. The molecule has 0 amide bonds. The van der Waals surface area contributed by atoms with Crippen molar-refractivity contribution in [2.45, 2.75) is 116 Å². The zero-order valence-electron chi connectivity index (χ0n) is 60.0. The quantitative estimate of drug-likeness (QED) is 0.140. The summed E-state index contributed by atoms with van der Waals surface area (Å²) in [5.74, 6) is 1.06. The fraction of sp³-hybridized carbons (Fsp3) is 0.196. The van der Waals surface area contributed by atoms with E-state index in [0.29, 0.717) is 11.8 Å². The molecule has 0 aliphatic heterocycles. The molecule has 0 radical (unpaired) electrons. The number of benzene rings is 16. The van der Waals surface area contributed by atoms with Gasteiger partial charge in [-0.3, -0.25) is 0 Å². The van der Waals surface area contributed by atoms with Crippen molar-refractivity contribution >= 4 is 108 Å². The van der Waals surface area contributed by atoms with E-state index in [4.69, 9.17) is 0 Å². The Morgan fingerprint density at radius 1 is 0.343 bits per heavy atom. The topological polar surface area (TPSA) is 0 Å². The largest absolute Gasteiger partial charge is 0.0620 e. The molecule has 0 saturated carbocycles. The molecule has 0 spiro atoms. The van der Waals surface area contributed by atoms with Crippen molar-refractivity contribution in [2.24, 2.45) is 11.8 Å². The van der Waals surface area contributed by atoms with E-state index in [-0.39, 0.29) is 21.7 Å². The molecular formula is C102H82. The lowest BCUT2D eigenvalue weighted by Gasteiger charge is -2.35. The maximum absolute atomic E-state index is 2.56. The zero-order valence-corrected chi connectivity index (χ0v) is 60.0. The summed E-state index contributed by atoms with van der Waals surface area (Å²) in [6.45, 7) is 21.8. The van der Waals surface area contributed by atoms with Crippen LogP contribution in [0, 0.1) is 11.8 Å². The fourth-order valence-corrected chi connectivity index (χ4v) is 20.5. The summed E-state index contributed by atoms with van der Waals surface area (Å²) >= 11 is 0. The average molecular weight is 1310 g/mol. The molecule has 16 aromatic rings. The van der Waals surface area contributed by atoms with Gasteiger partial charge in [0.15, 0.2) is 0 Å². The first-order valence-electron chi connectivity index (χ1n) is 37.6. The standard InChI is InChI=1S/C102H82/c1-99(2,3)72-48-67-25-22-59-27-36-76(87-43-34-69(49-72)95(67)97(59)87)65-32-41-85-86-42-33-66(55-94(86)102(8,9)93(85)54-65)89-56-90-79-20-14-16-71(78(79)45-46-82(90)80-18-12-13-19-81(80)89)57-100(4,5)73-50-68-26-23-60-28-37-77(88-44-35-70(51-73)96(68)98(60)88)64-31-40-84-83-39-30-62(52-91(83)101(6,7)92(84)53-64)61-29-38-75-63(47-61)24-21-58-15-10-11-17-74(58)75/h10-20,22-23,25-46,48-51,53-56,63,91H,21,24,47,52,57H2,1-9H3. The Bertz CT molecular complexity index is 6490. The van der Waals surface area contributed by atoms with Gasteiger partial charge in [-0.05, 0) is 298 Å². The molecule has 0 nitrogen and oxygen atoms in total. The van der Waals surface area contributed by atoms with Crippen LogP contribution in [0.1, 0.15) is 132 Å². The van der Waals surface area contributed by atoms with Crippen molar-refractivity contribution < 1.29 is 0 Å². The molecule has 0 saturated heterocycles. The van der Waals surface area contributed by atoms with Crippen LogP contribution in [0.2, 0.25) is 0 Å². The highest BCUT2D eigenvalue weighted by Crippen LogP contribution is 2.58. The first kappa shape index (κ1) is 60.1. The Morgan fingerprint density at radius 2 is 0.833 bits per heavy atom. The summed E-state index contributed by atoms with van der Waals surface area (Å²) in [5.41, 5.74) is 29.1. The van der Waals surface area contributed by atoms with Crippen LogP contribution >= 0.6 is 0 Å². The second-order valence-corrected chi connectivity index (χ2v) is 33.9. The summed E-state index contributed by atoms with van der Waals surface area (Å²) in [6, 6.07) is 93.0. The molecule has 0 fully saturated rings. The van der Waals surface area contributed by atoms with E-state index in [1.54, 1.807) is 11.1 Å². The van der Waals surface area contributed by atoms with Crippen LogP contribution < -0.4 is 0 Å². The Morgan fingerprint density at radius 3 is 1.49 bits per heavy atom. The molecule has 0 heteroatoms. The molecule has 2 unspecified atom stereocenters. The van der Waals surface area contributed by atoms with Crippen LogP contribution in [0.4, 0.5) is 0 Å². The van der Waals surface area contributed by atoms with Crippen LogP contribution in [-0.2, 0) is 34.5 Å². The minimum Gasteiger partial charge on any atom is -0.0620 e. The van der Waals surface area contributed by atoms with Crippen molar-refractivity contribution in [1.82, 2.24) is 0 Å². The van der Waals surface area contributed by atoms with Gasteiger partial charge >= 0.3 is 0 Å². The van der Waals surface area contributed by atoms with Crippen molar-refractivity contribution in [2.75, 3.05) is 0 Å². The number of allylic oxidation sites excluding steroid dienone is 8. The molecule has 16 aromatic carbocycles. The molecular weight excluding hydrogens is 1230 g/mol. The van der Waals surface area contributed by atoms with Gasteiger partial charge in [0.2, 0.25) is 0 Å². The van der Waals surface area contributed by atoms with Gasteiger partial charge in [0.05, 0.1) is 0 Å². The van der Waals surface area contributed by atoms with Gasteiger partial charge in [0, 0.05) is 5.41 Å².